The second-order valence-corrected chi connectivity index (χ2v) is 5.35. The van der Waals surface area contributed by atoms with Gasteiger partial charge in [-0.05, 0) is 28.8 Å². The number of hydrogen-bond acceptors (Lipinski definition) is 4. The van der Waals surface area contributed by atoms with Gasteiger partial charge in [0, 0.05) is 32.4 Å². The molecule has 0 radical (unpaired) electrons. The summed E-state index contributed by atoms with van der Waals surface area (Å²) in [5.41, 5.74) is -0.181. The van der Waals surface area contributed by atoms with Crippen LogP contribution in [0.25, 0.3) is 0 Å². The van der Waals surface area contributed by atoms with E-state index in [1.807, 2.05) is 4.90 Å². The van der Waals surface area contributed by atoms with Gasteiger partial charge in [-0.1, -0.05) is 0 Å². The first kappa shape index (κ1) is 13.9. The molecule has 1 aromatic rings. The summed E-state index contributed by atoms with van der Waals surface area (Å²) < 4.78 is 2.04. The second kappa shape index (κ2) is 5.60. The third kappa shape index (κ3) is 3.25. The van der Waals surface area contributed by atoms with E-state index in [-0.39, 0.29) is 11.6 Å². The molecule has 1 fully saturated rings. The standard InChI is InChI=1S/C11H15BrN4O3/c1-15-6-8(12)14-9(10(15)17)16-4-2-3-7(5-16)13-11(18)19/h6-7,13H,2-5H2,1H3,(H,18,19)/t7-/m0/s1. The number of nitrogens with one attached hydrogen (secondary N) is 1. The predicted molar refractivity (Wildman–Crippen MR) is 73.6 cm³/mol. The quantitative estimate of drug-likeness (QED) is 0.836. The van der Waals surface area contributed by atoms with Crippen LogP contribution in [0.5, 0.6) is 0 Å². The maximum atomic E-state index is 12.1. The predicted octanol–water partition coefficient (Wildman–Crippen LogP) is 0.779. The van der Waals surface area contributed by atoms with Crippen LogP contribution in [0, 0.1) is 0 Å². The molecule has 1 saturated heterocycles. The van der Waals surface area contributed by atoms with E-state index in [2.05, 4.69) is 26.2 Å². The highest BCUT2D eigenvalue weighted by Gasteiger charge is 2.24. The number of halogens is 1. The van der Waals surface area contributed by atoms with E-state index in [1.165, 1.54) is 4.57 Å². The van der Waals surface area contributed by atoms with Crippen LogP contribution in [0.15, 0.2) is 15.6 Å². The van der Waals surface area contributed by atoms with Gasteiger partial charge < -0.3 is 19.9 Å². The Labute approximate surface area is 118 Å². The van der Waals surface area contributed by atoms with E-state index in [0.29, 0.717) is 23.5 Å². The van der Waals surface area contributed by atoms with Crippen LogP contribution < -0.4 is 15.8 Å². The number of aromatic nitrogens is 2. The summed E-state index contributed by atoms with van der Waals surface area (Å²) in [4.78, 5) is 28.8. The summed E-state index contributed by atoms with van der Waals surface area (Å²) in [6.07, 6.45) is 2.16. The number of rotatable bonds is 2. The lowest BCUT2D eigenvalue weighted by Gasteiger charge is -2.33. The van der Waals surface area contributed by atoms with Gasteiger partial charge in [0.2, 0.25) is 0 Å². The topological polar surface area (TPSA) is 87.5 Å². The average molecular weight is 331 g/mol. The number of amides is 1. The zero-order valence-corrected chi connectivity index (χ0v) is 12.1. The number of carboxylic acid groups (broad SMARTS) is 1. The number of hydrogen-bond donors (Lipinski definition) is 2. The summed E-state index contributed by atoms with van der Waals surface area (Å²) in [6, 6.07) is -0.170. The zero-order chi connectivity index (χ0) is 14.0. The fraction of sp³-hybridized carbons (Fsp3) is 0.545. The Balaban J connectivity index is 2.22. The van der Waals surface area contributed by atoms with E-state index in [1.54, 1.807) is 13.2 Å². The molecule has 0 aliphatic carbocycles. The van der Waals surface area contributed by atoms with Crippen molar-refractivity contribution in [1.29, 1.82) is 0 Å². The molecule has 19 heavy (non-hydrogen) atoms. The third-order valence-electron chi connectivity index (χ3n) is 3.07. The first-order valence-electron chi connectivity index (χ1n) is 5.95. The molecule has 7 nitrogen and oxygen atoms in total. The van der Waals surface area contributed by atoms with Gasteiger partial charge in [0.25, 0.3) is 5.56 Å². The lowest BCUT2D eigenvalue weighted by Crippen LogP contribution is -2.49. The fourth-order valence-electron chi connectivity index (χ4n) is 2.22. The lowest BCUT2D eigenvalue weighted by atomic mass is 10.1. The average Bonchev–Trinajstić information content (AvgIpc) is 2.33. The number of aryl methyl sites for hydroxylation is 1. The van der Waals surface area contributed by atoms with Crippen molar-refractivity contribution in [3.05, 3.63) is 21.2 Å². The Hall–Kier alpha value is -1.57. The molecule has 0 bridgehead atoms. The molecule has 1 aromatic heterocycles. The molecular weight excluding hydrogens is 316 g/mol. The van der Waals surface area contributed by atoms with Gasteiger partial charge in [0.15, 0.2) is 5.82 Å². The first-order valence-corrected chi connectivity index (χ1v) is 6.74. The van der Waals surface area contributed by atoms with Crippen LogP contribution in [0.2, 0.25) is 0 Å². The summed E-state index contributed by atoms with van der Waals surface area (Å²) >= 11 is 3.26. The first-order chi connectivity index (χ1) is 8.97. The number of nitrogens with zero attached hydrogens (tertiary/aromatic N) is 3. The molecule has 1 aliphatic rings. The molecule has 0 unspecified atom stereocenters. The van der Waals surface area contributed by atoms with Crippen molar-refractivity contribution in [2.75, 3.05) is 18.0 Å². The lowest BCUT2D eigenvalue weighted by molar-refractivity contribution is 0.188. The van der Waals surface area contributed by atoms with Crippen molar-refractivity contribution in [2.24, 2.45) is 7.05 Å². The molecule has 1 atom stereocenters. The molecule has 1 aliphatic heterocycles. The molecular formula is C11H15BrN4O3. The van der Waals surface area contributed by atoms with Gasteiger partial charge in [-0.3, -0.25) is 4.79 Å². The van der Waals surface area contributed by atoms with Crippen molar-refractivity contribution in [1.82, 2.24) is 14.9 Å². The van der Waals surface area contributed by atoms with E-state index < -0.39 is 6.09 Å². The highest BCUT2D eigenvalue weighted by molar-refractivity contribution is 9.10. The number of piperidine rings is 1. The molecule has 2 N–H and O–H groups in total. The van der Waals surface area contributed by atoms with Gasteiger partial charge in [0.05, 0.1) is 0 Å². The fourth-order valence-corrected chi connectivity index (χ4v) is 2.70. The molecule has 1 amide bonds. The van der Waals surface area contributed by atoms with Crippen molar-refractivity contribution in [3.63, 3.8) is 0 Å². The highest BCUT2D eigenvalue weighted by atomic mass is 79.9. The zero-order valence-electron chi connectivity index (χ0n) is 10.5. The SMILES string of the molecule is Cn1cc(Br)nc(N2CCC[C@H](NC(=O)O)C2)c1=O. The minimum atomic E-state index is -1.04. The molecule has 0 saturated carbocycles. The Morgan fingerprint density at radius 1 is 1.63 bits per heavy atom. The van der Waals surface area contributed by atoms with Crippen molar-refractivity contribution in [3.8, 4) is 0 Å². The van der Waals surface area contributed by atoms with Crippen molar-refractivity contribution in [2.45, 2.75) is 18.9 Å². The molecule has 2 rings (SSSR count). The number of carbonyl (C=O) groups is 1. The van der Waals surface area contributed by atoms with Gasteiger partial charge >= 0.3 is 6.09 Å². The Kier molecular flexibility index (Phi) is 4.08. The summed E-state index contributed by atoms with van der Waals surface area (Å²) in [6.45, 7) is 1.17. The maximum absolute atomic E-state index is 12.1. The van der Waals surface area contributed by atoms with Gasteiger partial charge in [-0.15, -0.1) is 0 Å². The van der Waals surface area contributed by atoms with Gasteiger partial charge in [-0.2, -0.15) is 0 Å². The Morgan fingerprint density at radius 2 is 2.37 bits per heavy atom. The molecule has 0 spiro atoms. The van der Waals surface area contributed by atoms with E-state index in [4.69, 9.17) is 5.11 Å². The van der Waals surface area contributed by atoms with Crippen LogP contribution in [0.1, 0.15) is 12.8 Å². The maximum Gasteiger partial charge on any atom is 0.404 e. The smallest absolute Gasteiger partial charge is 0.404 e. The van der Waals surface area contributed by atoms with Gasteiger partial charge in [-0.25, -0.2) is 9.78 Å². The summed E-state index contributed by atoms with van der Waals surface area (Å²) in [7, 11) is 1.66. The summed E-state index contributed by atoms with van der Waals surface area (Å²) in [5.74, 6) is 0.355. The molecule has 2 heterocycles. The normalized spacial score (nSPS) is 19.3. The monoisotopic (exact) mass is 330 g/mol. The summed E-state index contributed by atoms with van der Waals surface area (Å²) in [5, 5.41) is 11.2. The Bertz CT molecular complexity index is 545. The largest absolute Gasteiger partial charge is 0.465 e. The molecule has 104 valence electrons. The van der Waals surface area contributed by atoms with Crippen LogP contribution in [0.4, 0.5) is 10.6 Å². The minimum Gasteiger partial charge on any atom is -0.465 e. The van der Waals surface area contributed by atoms with Crippen LogP contribution >= 0.6 is 15.9 Å². The van der Waals surface area contributed by atoms with Crippen LogP contribution in [0.3, 0.4) is 0 Å². The molecule has 8 heteroatoms. The van der Waals surface area contributed by atoms with E-state index in [0.717, 1.165) is 12.8 Å². The van der Waals surface area contributed by atoms with E-state index in [9.17, 15) is 9.59 Å². The minimum absolute atomic E-state index is 0.170. The number of anilines is 1. The van der Waals surface area contributed by atoms with Gasteiger partial charge in [0.1, 0.15) is 4.60 Å². The Morgan fingerprint density at radius 3 is 3.05 bits per heavy atom. The third-order valence-corrected chi connectivity index (χ3v) is 3.46. The van der Waals surface area contributed by atoms with Crippen LogP contribution in [-0.4, -0.2) is 39.9 Å². The van der Waals surface area contributed by atoms with E-state index >= 15 is 0 Å². The van der Waals surface area contributed by atoms with Crippen molar-refractivity contribution < 1.29 is 9.90 Å². The van der Waals surface area contributed by atoms with Crippen molar-refractivity contribution >= 4 is 27.8 Å². The van der Waals surface area contributed by atoms with Crippen LogP contribution in [-0.2, 0) is 7.05 Å². The molecule has 0 aromatic carbocycles. The highest BCUT2D eigenvalue weighted by Crippen LogP contribution is 2.16. The second-order valence-electron chi connectivity index (χ2n) is 4.54.